The molecular weight excluding hydrogens is 304 g/mol. The van der Waals surface area contributed by atoms with Crippen LogP contribution in [0.2, 0.25) is 0 Å². The summed E-state index contributed by atoms with van der Waals surface area (Å²) in [4.78, 5) is 14.4. The lowest BCUT2D eigenvalue weighted by Gasteiger charge is -2.31. The van der Waals surface area contributed by atoms with Crippen molar-refractivity contribution in [2.24, 2.45) is 0 Å². The molecule has 132 valence electrons. The number of carbonyl (C=O) groups is 1. The van der Waals surface area contributed by atoms with E-state index in [1.165, 1.54) is 24.8 Å². The number of ether oxygens (including phenoxy) is 2. The summed E-state index contributed by atoms with van der Waals surface area (Å²) in [5.41, 5.74) is 1.88. The highest BCUT2D eigenvalue weighted by molar-refractivity contribution is 5.94. The number of hydrogen-bond acceptors (Lipinski definition) is 4. The Morgan fingerprint density at radius 2 is 1.92 bits per heavy atom. The topological polar surface area (TPSA) is 50.8 Å². The summed E-state index contributed by atoms with van der Waals surface area (Å²) in [6.07, 6.45) is 5.51. The zero-order chi connectivity index (χ0) is 17.0. The number of carbonyl (C=O) groups excluding carboxylic acids is 1. The summed E-state index contributed by atoms with van der Waals surface area (Å²) in [7, 11) is 4.06. The van der Waals surface area contributed by atoms with Crippen LogP contribution in [0, 0.1) is 0 Å². The molecule has 24 heavy (non-hydrogen) atoms. The van der Waals surface area contributed by atoms with Crippen molar-refractivity contribution in [3.05, 3.63) is 35.4 Å². The number of amides is 1. The number of benzene rings is 1. The molecule has 0 unspecified atom stereocenters. The van der Waals surface area contributed by atoms with Gasteiger partial charge in [-0.15, -0.1) is 0 Å². The first kappa shape index (κ1) is 17.4. The monoisotopic (exact) mass is 332 g/mol. The minimum atomic E-state index is -0.374. The van der Waals surface area contributed by atoms with Crippen LogP contribution < -0.4 is 5.32 Å². The maximum atomic E-state index is 12.3. The Labute approximate surface area is 144 Å². The molecule has 1 heterocycles. The first-order valence-corrected chi connectivity index (χ1v) is 8.90. The van der Waals surface area contributed by atoms with Crippen LogP contribution in [0.15, 0.2) is 24.3 Å². The molecule has 0 bridgehead atoms. The van der Waals surface area contributed by atoms with E-state index in [1.807, 2.05) is 38.4 Å². The molecule has 3 rings (SSSR count). The quantitative estimate of drug-likeness (QED) is 0.900. The van der Waals surface area contributed by atoms with Crippen molar-refractivity contribution in [2.45, 2.75) is 50.5 Å². The Balaban J connectivity index is 1.47. The standard InChI is InChI=1S/C19H28N2O3/c1-21(2)13-15-6-8-16(9-7-15)18(22)20-12-17-14-23-19(24-17)10-4-3-5-11-19/h6-9,17H,3-5,10-14H2,1-2H3,(H,20,22)/t17-/m1/s1. The van der Waals surface area contributed by atoms with Gasteiger partial charge in [0.15, 0.2) is 5.79 Å². The fourth-order valence-electron chi connectivity index (χ4n) is 3.51. The Morgan fingerprint density at radius 3 is 2.58 bits per heavy atom. The van der Waals surface area contributed by atoms with Gasteiger partial charge in [0.2, 0.25) is 0 Å². The van der Waals surface area contributed by atoms with Crippen LogP contribution in [0.25, 0.3) is 0 Å². The van der Waals surface area contributed by atoms with Gasteiger partial charge in [-0.05, 0) is 44.6 Å². The van der Waals surface area contributed by atoms with Gasteiger partial charge < -0.3 is 19.7 Å². The second kappa shape index (κ2) is 7.64. The minimum Gasteiger partial charge on any atom is -0.349 e. The highest BCUT2D eigenvalue weighted by Crippen LogP contribution is 2.37. The maximum Gasteiger partial charge on any atom is 0.251 e. The summed E-state index contributed by atoms with van der Waals surface area (Å²) in [6.45, 7) is 1.94. The highest BCUT2D eigenvalue weighted by Gasteiger charge is 2.42. The van der Waals surface area contributed by atoms with Crippen molar-refractivity contribution < 1.29 is 14.3 Å². The largest absolute Gasteiger partial charge is 0.349 e. The molecular formula is C19H28N2O3. The normalized spacial score (nSPS) is 22.9. The summed E-state index contributed by atoms with van der Waals surface area (Å²) in [5.74, 6) is -0.429. The predicted octanol–water partition coefficient (Wildman–Crippen LogP) is 2.55. The molecule has 1 atom stereocenters. The van der Waals surface area contributed by atoms with Crippen LogP contribution in [0.1, 0.15) is 48.0 Å². The molecule has 2 fully saturated rings. The van der Waals surface area contributed by atoms with E-state index < -0.39 is 0 Å². The van der Waals surface area contributed by atoms with E-state index in [9.17, 15) is 4.79 Å². The van der Waals surface area contributed by atoms with Crippen LogP contribution >= 0.6 is 0 Å². The molecule has 1 amide bonds. The summed E-state index contributed by atoms with van der Waals surface area (Å²) >= 11 is 0. The molecule has 1 aromatic rings. The van der Waals surface area contributed by atoms with Gasteiger partial charge in [-0.1, -0.05) is 18.6 Å². The highest BCUT2D eigenvalue weighted by atomic mass is 16.7. The third-order valence-corrected chi connectivity index (χ3v) is 4.73. The van der Waals surface area contributed by atoms with Crippen molar-refractivity contribution in [3.63, 3.8) is 0 Å². The fourth-order valence-corrected chi connectivity index (χ4v) is 3.51. The minimum absolute atomic E-state index is 0.0416. The van der Waals surface area contributed by atoms with E-state index in [-0.39, 0.29) is 17.8 Å². The van der Waals surface area contributed by atoms with E-state index in [2.05, 4.69) is 10.2 Å². The smallest absolute Gasteiger partial charge is 0.251 e. The summed E-state index contributed by atoms with van der Waals surface area (Å²) in [5, 5.41) is 2.97. The van der Waals surface area contributed by atoms with E-state index >= 15 is 0 Å². The van der Waals surface area contributed by atoms with E-state index in [0.29, 0.717) is 18.7 Å². The molecule has 0 radical (unpaired) electrons. The zero-order valence-corrected chi connectivity index (χ0v) is 14.7. The fraction of sp³-hybridized carbons (Fsp3) is 0.632. The van der Waals surface area contributed by atoms with Crippen LogP contribution in [0.3, 0.4) is 0 Å². The molecule has 1 saturated carbocycles. The number of hydrogen-bond donors (Lipinski definition) is 1. The molecule has 0 aromatic heterocycles. The third kappa shape index (κ3) is 4.35. The second-order valence-corrected chi connectivity index (χ2v) is 7.17. The average Bonchev–Trinajstić information content (AvgIpc) is 2.96. The first-order valence-electron chi connectivity index (χ1n) is 8.90. The molecule has 5 heteroatoms. The SMILES string of the molecule is CN(C)Cc1ccc(C(=O)NC[C@@H]2COC3(CCCCC3)O2)cc1. The summed E-state index contributed by atoms with van der Waals surface area (Å²) < 4.78 is 12.0. The van der Waals surface area contributed by atoms with Crippen molar-refractivity contribution >= 4 is 5.91 Å². The molecule has 1 N–H and O–H groups in total. The number of rotatable bonds is 5. The van der Waals surface area contributed by atoms with Gasteiger partial charge >= 0.3 is 0 Å². The van der Waals surface area contributed by atoms with Crippen LogP contribution in [-0.2, 0) is 16.0 Å². The molecule has 1 spiro atoms. The molecule has 1 aliphatic heterocycles. The van der Waals surface area contributed by atoms with E-state index in [0.717, 1.165) is 19.4 Å². The van der Waals surface area contributed by atoms with Crippen LogP contribution in [-0.4, -0.2) is 49.9 Å². The number of nitrogens with zero attached hydrogens (tertiary/aromatic N) is 1. The van der Waals surface area contributed by atoms with Gasteiger partial charge in [0, 0.05) is 31.5 Å². The maximum absolute atomic E-state index is 12.3. The molecule has 5 nitrogen and oxygen atoms in total. The Morgan fingerprint density at radius 1 is 1.21 bits per heavy atom. The predicted molar refractivity (Wildman–Crippen MR) is 92.8 cm³/mol. The lowest BCUT2D eigenvalue weighted by Crippen LogP contribution is -2.37. The van der Waals surface area contributed by atoms with Crippen molar-refractivity contribution in [1.29, 1.82) is 0 Å². The van der Waals surface area contributed by atoms with Gasteiger partial charge in [0.05, 0.1) is 6.61 Å². The van der Waals surface area contributed by atoms with Crippen molar-refractivity contribution in [2.75, 3.05) is 27.2 Å². The van der Waals surface area contributed by atoms with Crippen molar-refractivity contribution in [1.82, 2.24) is 10.2 Å². The first-order chi connectivity index (χ1) is 11.6. The van der Waals surface area contributed by atoms with Gasteiger partial charge in [-0.3, -0.25) is 4.79 Å². The van der Waals surface area contributed by atoms with Gasteiger partial charge in [-0.2, -0.15) is 0 Å². The van der Waals surface area contributed by atoms with Gasteiger partial charge in [0.25, 0.3) is 5.91 Å². The Kier molecular flexibility index (Phi) is 5.54. The van der Waals surface area contributed by atoms with Crippen LogP contribution in [0.4, 0.5) is 0 Å². The van der Waals surface area contributed by atoms with Crippen molar-refractivity contribution in [3.8, 4) is 0 Å². The molecule has 1 aromatic carbocycles. The van der Waals surface area contributed by atoms with Crippen LogP contribution in [0.5, 0.6) is 0 Å². The second-order valence-electron chi connectivity index (χ2n) is 7.17. The molecule has 1 aliphatic carbocycles. The lowest BCUT2D eigenvalue weighted by molar-refractivity contribution is -0.186. The molecule has 1 saturated heterocycles. The Bertz CT molecular complexity index is 550. The van der Waals surface area contributed by atoms with Gasteiger partial charge in [0.1, 0.15) is 6.10 Å². The lowest BCUT2D eigenvalue weighted by atomic mass is 9.94. The summed E-state index contributed by atoms with van der Waals surface area (Å²) in [6, 6.07) is 7.76. The zero-order valence-electron chi connectivity index (χ0n) is 14.7. The average molecular weight is 332 g/mol. The third-order valence-electron chi connectivity index (χ3n) is 4.73. The van der Waals surface area contributed by atoms with Gasteiger partial charge in [-0.25, -0.2) is 0 Å². The Hall–Kier alpha value is -1.43. The van der Waals surface area contributed by atoms with E-state index in [4.69, 9.17) is 9.47 Å². The molecule has 2 aliphatic rings. The number of nitrogens with one attached hydrogen (secondary N) is 1. The van der Waals surface area contributed by atoms with E-state index in [1.54, 1.807) is 0 Å².